The molecule has 0 spiro atoms. The molecule has 0 unspecified atom stereocenters. The number of carbonyl (C=O) groups excluding carboxylic acids is 2. The van der Waals surface area contributed by atoms with E-state index in [0.29, 0.717) is 5.56 Å². The van der Waals surface area contributed by atoms with E-state index in [2.05, 4.69) is 4.74 Å². The summed E-state index contributed by atoms with van der Waals surface area (Å²) in [4.78, 5) is 22.8. The minimum absolute atomic E-state index is 0.0373. The first-order chi connectivity index (χ1) is 8.01. The zero-order valence-corrected chi connectivity index (χ0v) is 9.48. The average Bonchev–Trinajstić information content (AvgIpc) is 2.31. The lowest BCUT2D eigenvalue weighted by atomic mass is 10.0. The van der Waals surface area contributed by atoms with Crippen molar-refractivity contribution in [3.8, 4) is 11.8 Å². The molecule has 5 heteroatoms. The number of hydrogen-bond donors (Lipinski definition) is 1. The topological polar surface area (TPSA) is 87.4 Å². The Kier molecular flexibility index (Phi) is 3.83. The number of phenolic OH excluding ortho intramolecular Hbond substituents is 1. The van der Waals surface area contributed by atoms with E-state index in [1.165, 1.54) is 19.1 Å². The summed E-state index contributed by atoms with van der Waals surface area (Å²) < 4.78 is 4.57. The molecule has 1 aromatic rings. The number of esters is 1. The third-order valence-corrected chi connectivity index (χ3v) is 2.14. The average molecular weight is 233 g/mol. The highest BCUT2D eigenvalue weighted by molar-refractivity contribution is 6.40. The number of Topliss-reactive ketones (excluding diaryl/α,β-unsaturated/α-hetero) is 1. The van der Waals surface area contributed by atoms with Gasteiger partial charge >= 0.3 is 5.97 Å². The molecule has 1 aromatic carbocycles. The van der Waals surface area contributed by atoms with Gasteiger partial charge in [0.2, 0.25) is 0 Å². The van der Waals surface area contributed by atoms with Crippen molar-refractivity contribution in [2.24, 2.45) is 0 Å². The molecular weight excluding hydrogens is 222 g/mol. The summed E-state index contributed by atoms with van der Waals surface area (Å²) in [5.74, 6) is -1.99. The highest BCUT2D eigenvalue weighted by Gasteiger charge is 2.19. The molecule has 1 rings (SSSR count). The van der Waals surface area contributed by atoms with Gasteiger partial charge < -0.3 is 9.84 Å². The normalized spacial score (nSPS) is 9.47. The van der Waals surface area contributed by atoms with Crippen LogP contribution in [0.25, 0.3) is 0 Å². The molecule has 0 bridgehead atoms. The zero-order valence-electron chi connectivity index (χ0n) is 9.48. The van der Waals surface area contributed by atoms with Crippen molar-refractivity contribution in [3.63, 3.8) is 0 Å². The van der Waals surface area contributed by atoms with Crippen LogP contribution in [0.5, 0.6) is 5.75 Å². The number of ketones is 1. The van der Waals surface area contributed by atoms with E-state index >= 15 is 0 Å². The van der Waals surface area contributed by atoms with Gasteiger partial charge in [0.15, 0.2) is 0 Å². The number of benzene rings is 1. The number of aryl methyl sites for hydroxylation is 1. The molecule has 0 aliphatic heterocycles. The fourth-order valence-corrected chi connectivity index (χ4v) is 1.31. The maximum absolute atomic E-state index is 11.6. The molecule has 17 heavy (non-hydrogen) atoms. The molecule has 0 fully saturated rings. The molecule has 0 aliphatic carbocycles. The largest absolute Gasteiger partial charge is 0.506 e. The smallest absolute Gasteiger partial charge is 0.379 e. The molecule has 0 radical (unpaired) electrons. The highest BCUT2D eigenvalue weighted by Crippen LogP contribution is 2.23. The number of rotatable bonds is 3. The van der Waals surface area contributed by atoms with Gasteiger partial charge in [0.25, 0.3) is 5.78 Å². The van der Waals surface area contributed by atoms with Gasteiger partial charge in [0, 0.05) is 5.56 Å². The van der Waals surface area contributed by atoms with Crippen molar-refractivity contribution >= 4 is 11.8 Å². The summed E-state index contributed by atoms with van der Waals surface area (Å²) in [6.07, 6.45) is 0. The Bertz CT molecular complexity index is 514. The van der Waals surface area contributed by atoms with Crippen LogP contribution in [0.1, 0.15) is 28.4 Å². The number of nitrogens with zero attached hydrogens (tertiary/aromatic N) is 1. The molecule has 0 amide bonds. The molecule has 0 aliphatic rings. The predicted octanol–water partition coefficient (Wildman–Crippen LogP) is 1.32. The number of phenols is 1. The Morgan fingerprint density at radius 3 is 2.65 bits per heavy atom. The van der Waals surface area contributed by atoms with Crippen molar-refractivity contribution in [3.05, 3.63) is 28.8 Å². The first-order valence-electron chi connectivity index (χ1n) is 4.96. The Morgan fingerprint density at radius 1 is 1.47 bits per heavy atom. The van der Waals surface area contributed by atoms with Gasteiger partial charge in [-0.05, 0) is 31.5 Å². The Hall–Kier alpha value is -2.35. The number of carbonyl (C=O) groups is 2. The molecule has 1 N–H and O–H groups in total. The zero-order chi connectivity index (χ0) is 13.0. The van der Waals surface area contributed by atoms with Crippen LogP contribution in [0.2, 0.25) is 0 Å². The maximum Gasteiger partial charge on any atom is 0.379 e. The molecule has 88 valence electrons. The fourth-order valence-electron chi connectivity index (χ4n) is 1.31. The first-order valence-corrected chi connectivity index (χ1v) is 4.96. The number of aromatic hydroxyl groups is 1. The van der Waals surface area contributed by atoms with Crippen LogP contribution in [0, 0.1) is 18.3 Å². The van der Waals surface area contributed by atoms with Gasteiger partial charge in [-0.15, -0.1) is 0 Å². The summed E-state index contributed by atoms with van der Waals surface area (Å²) >= 11 is 0. The highest BCUT2D eigenvalue weighted by atomic mass is 16.5. The first kappa shape index (κ1) is 12.7. The number of nitriles is 1. The fraction of sp³-hybridized carbons (Fsp3) is 0.250. The van der Waals surface area contributed by atoms with Crippen LogP contribution in [0.3, 0.4) is 0 Å². The van der Waals surface area contributed by atoms with Crippen LogP contribution in [-0.2, 0) is 9.53 Å². The maximum atomic E-state index is 11.6. The van der Waals surface area contributed by atoms with Crippen LogP contribution in [0.15, 0.2) is 12.1 Å². The molecule has 0 atom stereocenters. The van der Waals surface area contributed by atoms with Gasteiger partial charge in [-0.2, -0.15) is 5.26 Å². The molecule has 0 saturated carbocycles. The molecule has 5 nitrogen and oxygen atoms in total. The van der Waals surface area contributed by atoms with Gasteiger partial charge in [0.05, 0.1) is 12.2 Å². The lowest BCUT2D eigenvalue weighted by molar-refractivity contribution is -0.137. The number of hydrogen-bond acceptors (Lipinski definition) is 5. The van der Waals surface area contributed by atoms with E-state index in [1.807, 2.05) is 0 Å². The van der Waals surface area contributed by atoms with Crippen molar-refractivity contribution in [1.29, 1.82) is 5.26 Å². The third-order valence-electron chi connectivity index (χ3n) is 2.14. The lowest BCUT2D eigenvalue weighted by Gasteiger charge is -2.05. The lowest BCUT2D eigenvalue weighted by Crippen LogP contribution is -2.17. The SMILES string of the molecule is CCOC(=O)C(=O)c1cc(C)c(O)c(C#N)c1. The van der Waals surface area contributed by atoms with Crippen LogP contribution in [-0.4, -0.2) is 23.5 Å². The van der Waals surface area contributed by atoms with Crippen molar-refractivity contribution < 1.29 is 19.4 Å². The van der Waals surface area contributed by atoms with Gasteiger partial charge in [-0.3, -0.25) is 4.79 Å². The molecule has 0 saturated heterocycles. The quantitative estimate of drug-likeness (QED) is 0.483. The second-order valence-electron chi connectivity index (χ2n) is 3.35. The van der Waals surface area contributed by atoms with Crippen LogP contribution < -0.4 is 0 Å². The van der Waals surface area contributed by atoms with E-state index in [1.54, 1.807) is 13.0 Å². The monoisotopic (exact) mass is 233 g/mol. The van der Waals surface area contributed by atoms with Crippen molar-refractivity contribution in [2.75, 3.05) is 6.61 Å². The molecule has 0 aromatic heterocycles. The summed E-state index contributed by atoms with van der Waals surface area (Å²) in [5.41, 5.74) is 0.352. The second-order valence-corrected chi connectivity index (χ2v) is 3.35. The molecule has 0 heterocycles. The summed E-state index contributed by atoms with van der Waals surface area (Å²) in [5, 5.41) is 18.2. The van der Waals surface area contributed by atoms with E-state index in [0.717, 1.165) is 0 Å². The Balaban J connectivity index is 3.17. The van der Waals surface area contributed by atoms with Gasteiger partial charge in [0.1, 0.15) is 11.8 Å². The van der Waals surface area contributed by atoms with Gasteiger partial charge in [-0.25, -0.2) is 4.79 Å². The predicted molar refractivity (Wildman–Crippen MR) is 58.5 cm³/mol. The van der Waals surface area contributed by atoms with Gasteiger partial charge in [-0.1, -0.05) is 0 Å². The van der Waals surface area contributed by atoms with Crippen LogP contribution >= 0.6 is 0 Å². The van der Waals surface area contributed by atoms with E-state index in [4.69, 9.17) is 5.26 Å². The summed E-state index contributed by atoms with van der Waals surface area (Å²) in [7, 11) is 0. The molecular formula is C12H11NO4. The van der Waals surface area contributed by atoms with Crippen molar-refractivity contribution in [2.45, 2.75) is 13.8 Å². The van der Waals surface area contributed by atoms with Crippen LogP contribution in [0.4, 0.5) is 0 Å². The minimum atomic E-state index is -0.971. The number of ether oxygens (including phenoxy) is 1. The second kappa shape index (κ2) is 5.12. The summed E-state index contributed by atoms with van der Waals surface area (Å²) in [6, 6.07) is 4.26. The van der Waals surface area contributed by atoms with E-state index < -0.39 is 11.8 Å². The van der Waals surface area contributed by atoms with E-state index in [-0.39, 0.29) is 23.5 Å². The third kappa shape index (κ3) is 2.61. The van der Waals surface area contributed by atoms with E-state index in [9.17, 15) is 14.7 Å². The van der Waals surface area contributed by atoms with Crippen molar-refractivity contribution in [1.82, 2.24) is 0 Å². The Morgan fingerprint density at radius 2 is 2.12 bits per heavy atom. The standard InChI is InChI=1S/C12H11NO4/c1-3-17-12(16)11(15)8-4-7(2)10(14)9(5-8)6-13/h4-5,14H,3H2,1-2H3. The Labute approximate surface area is 98.2 Å². The summed E-state index contributed by atoms with van der Waals surface area (Å²) in [6.45, 7) is 3.23. The minimum Gasteiger partial charge on any atom is -0.506 e.